The molecule has 38 heavy (non-hydrogen) atoms. The van der Waals surface area contributed by atoms with Crippen LogP contribution >= 0.6 is 0 Å². The maximum atomic E-state index is 14.8. The predicted molar refractivity (Wildman–Crippen MR) is 150 cm³/mol. The van der Waals surface area contributed by atoms with Crippen LogP contribution in [0.4, 0.5) is 13.2 Å². The van der Waals surface area contributed by atoms with Crippen LogP contribution in [0.15, 0.2) is 55.1 Å². The van der Waals surface area contributed by atoms with Crippen LogP contribution in [0.25, 0.3) is 0 Å². The standard InChI is InChI=1S/C34H45F3O/c1-3-5-6-7-26-10-16-28(17-11-26)29-18-12-27(13-19-29)22-23-38-34(36,37)32-21-20-31(24-33(32)35)30-14-8-25(4-2)9-15-30/h4,12-13,18-21,24-26,28,30H,2-3,5-11,14-17,22-23H2,1H3/t25-,26-,28-,30-. The second kappa shape index (κ2) is 13.8. The number of allylic oxidation sites excluding steroid dienone is 1. The van der Waals surface area contributed by atoms with Gasteiger partial charge in [0, 0.05) is 0 Å². The van der Waals surface area contributed by atoms with Gasteiger partial charge in [0.2, 0.25) is 0 Å². The van der Waals surface area contributed by atoms with Crippen molar-refractivity contribution in [3.05, 3.63) is 83.2 Å². The first-order valence-electron chi connectivity index (χ1n) is 14.9. The normalized spacial score (nSPS) is 24.3. The molecule has 0 aliphatic heterocycles. The predicted octanol–water partition coefficient (Wildman–Crippen LogP) is 10.4. The summed E-state index contributed by atoms with van der Waals surface area (Å²) in [5.74, 6) is 1.32. The molecular formula is C34H45F3O. The lowest BCUT2D eigenvalue weighted by atomic mass is 9.77. The molecule has 0 bridgehead atoms. The van der Waals surface area contributed by atoms with Crippen molar-refractivity contribution in [1.82, 2.24) is 0 Å². The molecule has 0 N–H and O–H groups in total. The van der Waals surface area contributed by atoms with E-state index in [1.807, 2.05) is 18.2 Å². The van der Waals surface area contributed by atoms with E-state index < -0.39 is 17.5 Å². The molecule has 1 nitrogen and oxygen atoms in total. The lowest BCUT2D eigenvalue weighted by molar-refractivity contribution is -0.249. The van der Waals surface area contributed by atoms with Crippen molar-refractivity contribution in [3.8, 4) is 0 Å². The molecule has 2 aliphatic rings. The fourth-order valence-electron chi connectivity index (χ4n) is 6.51. The highest BCUT2D eigenvalue weighted by atomic mass is 19.3. The van der Waals surface area contributed by atoms with Gasteiger partial charge in [0.15, 0.2) is 0 Å². The Hall–Kier alpha value is -2.07. The molecule has 0 radical (unpaired) electrons. The van der Waals surface area contributed by atoms with Gasteiger partial charge < -0.3 is 4.74 Å². The Kier molecular flexibility index (Phi) is 10.5. The summed E-state index contributed by atoms with van der Waals surface area (Å²) in [6.45, 7) is 5.95. The second-order valence-corrected chi connectivity index (χ2v) is 11.7. The molecule has 4 rings (SSSR count). The van der Waals surface area contributed by atoms with Crippen molar-refractivity contribution >= 4 is 0 Å². The summed E-state index contributed by atoms with van der Waals surface area (Å²) in [4.78, 5) is 0. The summed E-state index contributed by atoms with van der Waals surface area (Å²) >= 11 is 0. The first kappa shape index (κ1) is 28.9. The number of halogens is 3. The van der Waals surface area contributed by atoms with Gasteiger partial charge in [-0.2, -0.15) is 8.78 Å². The SMILES string of the molecule is C=C[C@H]1CC[C@H](c2ccc(C(F)(F)OCCc3ccc([C@H]4CC[C@H](CCCCC)CC4)cc3)c(F)c2)CC1. The van der Waals surface area contributed by atoms with Gasteiger partial charge in [0.25, 0.3) is 0 Å². The fourth-order valence-corrected chi connectivity index (χ4v) is 6.51. The van der Waals surface area contributed by atoms with E-state index in [-0.39, 0.29) is 12.5 Å². The highest BCUT2D eigenvalue weighted by Crippen LogP contribution is 2.39. The molecule has 0 atom stereocenters. The van der Waals surface area contributed by atoms with Gasteiger partial charge in [-0.25, -0.2) is 4.39 Å². The van der Waals surface area contributed by atoms with Gasteiger partial charge >= 0.3 is 6.11 Å². The fraction of sp³-hybridized carbons (Fsp3) is 0.588. The smallest absolute Gasteiger partial charge is 0.316 e. The lowest BCUT2D eigenvalue weighted by Crippen LogP contribution is -2.22. The van der Waals surface area contributed by atoms with Gasteiger partial charge in [-0.05, 0) is 110 Å². The van der Waals surface area contributed by atoms with E-state index in [2.05, 4.69) is 25.6 Å². The van der Waals surface area contributed by atoms with Crippen molar-refractivity contribution in [2.45, 2.75) is 108 Å². The molecule has 0 saturated heterocycles. The molecule has 2 fully saturated rings. The zero-order valence-electron chi connectivity index (χ0n) is 23.1. The van der Waals surface area contributed by atoms with Crippen LogP contribution in [0.2, 0.25) is 0 Å². The number of hydrogen-bond acceptors (Lipinski definition) is 1. The summed E-state index contributed by atoms with van der Waals surface area (Å²) in [5.41, 5.74) is 2.44. The number of unbranched alkanes of at least 4 members (excludes halogenated alkanes) is 2. The van der Waals surface area contributed by atoms with Gasteiger partial charge in [-0.15, -0.1) is 6.58 Å². The summed E-state index contributed by atoms with van der Waals surface area (Å²) in [7, 11) is 0. The van der Waals surface area contributed by atoms with Crippen molar-refractivity contribution < 1.29 is 17.9 Å². The first-order chi connectivity index (χ1) is 18.4. The van der Waals surface area contributed by atoms with Crippen LogP contribution in [0.5, 0.6) is 0 Å². The maximum Gasteiger partial charge on any atom is 0.386 e. The van der Waals surface area contributed by atoms with Gasteiger partial charge in [-0.3, -0.25) is 0 Å². The molecule has 0 spiro atoms. The van der Waals surface area contributed by atoms with E-state index in [4.69, 9.17) is 4.74 Å². The Morgan fingerprint density at radius 2 is 1.50 bits per heavy atom. The number of ether oxygens (including phenoxy) is 1. The molecule has 0 amide bonds. The number of rotatable bonds is 12. The minimum Gasteiger partial charge on any atom is -0.316 e. The average Bonchev–Trinajstić information content (AvgIpc) is 2.94. The zero-order chi connectivity index (χ0) is 27.0. The molecule has 208 valence electrons. The minimum atomic E-state index is -3.65. The van der Waals surface area contributed by atoms with Crippen molar-refractivity contribution in [3.63, 3.8) is 0 Å². The summed E-state index contributed by atoms with van der Waals surface area (Å²) in [6, 6.07) is 12.5. The van der Waals surface area contributed by atoms with E-state index in [0.29, 0.717) is 18.3 Å². The van der Waals surface area contributed by atoms with Crippen molar-refractivity contribution in [1.29, 1.82) is 0 Å². The molecular weight excluding hydrogens is 481 g/mol. The van der Waals surface area contributed by atoms with Crippen molar-refractivity contribution in [2.24, 2.45) is 11.8 Å². The Labute approximate surface area is 227 Å². The maximum absolute atomic E-state index is 14.8. The van der Waals surface area contributed by atoms with Crippen LogP contribution in [0.1, 0.15) is 118 Å². The van der Waals surface area contributed by atoms with E-state index in [1.165, 1.54) is 69.1 Å². The molecule has 0 aromatic heterocycles. The van der Waals surface area contributed by atoms with Crippen LogP contribution in [-0.4, -0.2) is 6.61 Å². The highest BCUT2D eigenvalue weighted by Gasteiger charge is 2.36. The Bertz CT molecular complexity index is 999. The van der Waals surface area contributed by atoms with Gasteiger partial charge in [-0.1, -0.05) is 69.0 Å². The van der Waals surface area contributed by atoms with Crippen LogP contribution in [0, 0.1) is 17.7 Å². The Morgan fingerprint density at radius 1 is 0.868 bits per heavy atom. The number of alkyl halides is 2. The van der Waals surface area contributed by atoms with E-state index >= 15 is 0 Å². The van der Waals surface area contributed by atoms with E-state index in [9.17, 15) is 13.2 Å². The molecule has 0 unspecified atom stereocenters. The summed E-state index contributed by atoms with van der Waals surface area (Å²) in [6.07, 6.45) is 13.0. The van der Waals surface area contributed by atoms with Crippen LogP contribution in [-0.2, 0) is 17.3 Å². The second-order valence-electron chi connectivity index (χ2n) is 11.7. The van der Waals surface area contributed by atoms with Gasteiger partial charge in [0.05, 0.1) is 12.2 Å². The third-order valence-electron chi connectivity index (χ3n) is 9.07. The first-order valence-corrected chi connectivity index (χ1v) is 14.9. The van der Waals surface area contributed by atoms with E-state index in [1.54, 1.807) is 6.07 Å². The van der Waals surface area contributed by atoms with Crippen LogP contribution < -0.4 is 0 Å². The zero-order valence-corrected chi connectivity index (χ0v) is 23.1. The molecule has 2 saturated carbocycles. The summed E-state index contributed by atoms with van der Waals surface area (Å²) in [5, 5.41) is 0. The van der Waals surface area contributed by atoms with Crippen molar-refractivity contribution in [2.75, 3.05) is 6.61 Å². The average molecular weight is 527 g/mol. The van der Waals surface area contributed by atoms with Crippen LogP contribution in [0.3, 0.4) is 0 Å². The molecule has 2 aromatic carbocycles. The Balaban J connectivity index is 1.24. The molecule has 2 aliphatic carbocycles. The minimum absolute atomic E-state index is 0.165. The third kappa shape index (κ3) is 7.74. The molecule has 0 heterocycles. The van der Waals surface area contributed by atoms with Gasteiger partial charge in [0.1, 0.15) is 5.82 Å². The molecule has 4 heteroatoms. The monoisotopic (exact) mass is 526 g/mol. The Morgan fingerprint density at radius 3 is 2.13 bits per heavy atom. The topological polar surface area (TPSA) is 9.23 Å². The third-order valence-corrected chi connectivity index (χ3v) is 9.07. The number of benzene rings is 2. The van der Waals surface area contributed by atoms with E-state index in [0.717, 1.165) is 42.7 Å². The number of hydrogen-bond donors (Lipinski definition) is 0. The largest absolute Gasteiger partial charge is 0.386 e. The quantitative estimate of drug-likeness (QED) is 0.197. The highest BCUT2D eigenvalue weighted by molar-refractivity contribution is 5.30. The molecule has 2 aromatic rings. The lowest BCUT2D eigenvalue weighted by Gasteiger charge is -2.29. The summed E-state index contributed by atoms with van der Waals surface area (Å²) < 4.78 is 49.2.